The first kappa shape index (κ1) is 17.3. The van der Waals surface area contributed by atoms with Crippen molar-refractivity contribution in [2.45, 2.75) is 24.5 Å². The fourth-order valence-corrected chi connectivity index (χ4v) is 3.44. The number of aromatic nitrogens is 3. The van der Waals surface area contributed by atoms with Crippen molar-refractivity contribution < 1.29 is 14.0 Å². The Bertz CT molecular complexity index is 803. The van der Waals surface area contributed by atoms with Crippen LogP contribution in [0.4, 0.5) is 4.39 Å². The molecular formula is C17H17FN4O2S. The molecule has 3 rings (SSSR count). The van der Waals surface area contributed by atoms with Crippen molar-refractivity contribution in [3.63, 3.8) is 0 Å². The monoisotopic (exact) mass is 360 g/mol. The Morgan fingerprint density at radius 3 is 2.72 bits per heavy atom. The van der Waals surface area contributed by atoms with Crippen LogP contribution in [0.3, 0.4) is 0 Å². The molecule has 130 valence electrons. The normalized spacial score (nSPS) is 14.1. The van der Waals surface area contributed by atoms with E-state index in [0.29, 0.717) is 30.5 Å². The third kappa shape index (κ3) is 3.79. The van der Waals surface area contributed by atoms with Gasteiger partial charge in [0.2, 0.25) is 11.8 Å². The Morgan fingerprint density at radius 2 is 2.08 bits per heavy atom. The number of hydrogen-bond acceptors (Lipinski definition) is 5. The minimum atomic E-state index is -0.325. The highest BCUT2D eigenvalue weighted by Gasteiger charge is 2.26. The summed E-state index contributed by atoms with van der Waals surface area (Å²) in [5.41, 5.74) is 0.726. The van der Waals surface area contributed by atoms with Crippen molar-refractivity contribution in [2.75, 3.05) is 12.3 Å². The average Bonchev–Trinajstić information content (AvgIpc) is 3.20. The Labute approximate surface area is 148 Å². The molecule has 2 amide bonds. The summed E-state index contributed by atoms with van der Waals surface area (Å²) in [6, 6.07) is 5.97. The van der Waals surface area contributed by atoms with Crippen molar-refractivity contribution in [3.8, 4) is 11.4 Å². The van der Waals surface area contributed by atoms with Crippen LogP contribution in [0.5, 0.6) is 0 Å². The highest BCUT2D eigenvalue weighted by molar-refractivity contribution is 7.99. The molecule has 0 radical (unpaired) electrons. The van der Waals surface area contributed by atoms with Gasteiger partial charge in [0.1, 0.15) is 5.82 Å². The molecule has 0 spiro atoms. The quantitative estimate of drug-likeness (QED) is 0.585. The van der Waals surface area contributed by atoms with Gasteiger partial charge in [0.05, 0.1) is 5.75 Å². The molecule has 1 aromatic heterocycles. The zero-order valence-corrected chi connectivity index (χ0v) is 14.3. The van der Waals surface area contributed by atoms with Gasteiger partial charge in [-0.25, -0.2) is 4.39 Å². The molecule has 1 saturated heterocycles. The molecule has 6 nitrogen and oxygen atoms in total. The van der Waals surface area contributed by atoms with E-state index in [0.717, 1.165) is 12.0 Å². The number of carbonyl (C=O) groups is 2. The molecule has 0 atom stereocenters. The predicted molar refractivity (Wildman–Crippen MR) is 92.3 cm³/mol. The van der Waals surface area contributed by atoms with Crippen LogP contribution < -0.4 is 0 Å². The number of imide groups is 1. The van der Waals surface area contributed by atoms with Crippen molar-refractivity contribution in [1.82, 2.24) is 19.7 Å². The first-order valence-electron chi connectivity index (χ1n) is 7.86. The largest absolute Gasteiger partial charge is 0.298 e. The average molecular weight is 360 g/mol. The first-order chi connectivity index (χ1) is 12.1. The van der Waals surface area contributed by atoms with Crippen LogP contribution in [-0.4, -0.2) is 43.8 Å². The molecule has 1 aliphatic rings. The summed E-state index contributed by atoms with van der Waals surface area (Å²) in [4.78, 5) is 25.1. The lowest BCUT2D eigenvalue weighted by Crippen LogP contribution is -2.33. The molecule has 0 N–H and O–H groups in total. The summed E-state index contributed by atoms with van der Waals surface area (Å²) in [6.45, 7) is 4.67. The number of halogens is 1. The second kappa shape index (κ2) is 7.60. The molecular weight excluding hydrogens is 343 g/mol. The lowest BCUT2D eigenvalue weighted by Gasteiger charge is -2.13. The number of benzene rings is 1. The topological polar surface area (TPSA) is 68.1 Å². The summed E-state index contributed by atoms with van der Waals surface area (Å²) >= 11 is 1.23. The van der Waals surface area contributed by atoms with Gasteiger partial charge in [-0.05, 0) is 30.7 Å². The lowest BCUT2D eigenvalue weighted by atomic mass is 10.2. The van der Waals surface area contributed by atoms with E-state index in [4.69, 9.17) is 0 Å². The van der Waals surface area contributed by atoms with Crippen LogP contribution in [0.1, 0.15) is 12.8 Å². The van der Waals surface area contributed by atoms with Gasteiger partial charge in [-0.15, -0.1) is 16.8 Å². The van der Waals surface area contributed by atoms with Crippen LogP contribution >= 0.6 is 11.8 Å². The third-order valence-electron chi connectivity index (χ3n) is 3.83. The van der Waals surface area contributed by atoms with E-state index < -0.39 is 0 Å². The first-order valence-corrected chi connectivity index (χ1v) is 8.84. The zero-order chi connectivity index (χ0) is 17.8. The maximum absolute atomic E-state index is 13.1. The van der Waals surface area contributed by atoms with Crippen LogP contribution in [0, 0.1) is 5.82 Å². The van der Waals surface area contributed by atoms with Gasteiger partial charge in [-0.3, -0.25) is 19.1 Å². The Balaban J connectivity index is 1.77. The van der Waals surface area contributed by atoms with Gasteiger partial charge in [-0.1, -0.05) is 17.8 Å². The molecule has 0 unspecified atom stereocenters. The van der Waals surface area contributed by atoms with Gasteiger partial charge in [0.25, 0.3) is 0 Å². The third-order valence-corrected chi connectivity index (χ3v) is 4.78. The molecule has 1 fully saturated rings. The van der Waals surface area contributed by atoms with Crippen LogP contribution in [0.2, 0.25) is 0 Å². The number of hydrogen-bond donors (Lipinski definition) is 0. The second-order valence-electron chi connectivity index (χ2n) is 5.54. The zero-order valence-electron chi connectivity index (χ0n) is 13.5. The predicted octanol–water partition coefficient (Wildman–Crippen LogP) is 2.51. The van der Waals surface area contributed by atoms with Crippen molar-refractivity contribution >= 4 is 23.6 Å². The Hall–Kier alpha value is -2.48. The van der Waals surface area contributed by atoms with Gasteiger partial charge >= 0.3 is 0 Å². The fourth-order valence-electron chi connectivity index (χ4n) is 2.62. The van der Waals surface area contributed by atoms with Crippen LogP contribution in [0.15, 0.2) is 42.1 Å². The molecule has 2 heterocycles. The van der Waals surface area contributed by atoms with Gasteiger partial charge in [0, 0.05) is 25.1 Å². The van der Waals surface area contributed by atoms with E-state index >= 15 is 0 Å². The number of amides is 2. The Morgan fingerprint density at radius 1 is 1.32 bits per heavy atom. The van der Waals surface area contributed by atoms with E-state index in [2.05, 4.69) is 16.8 Å². The number of thioether (sulfide) groups is 1. The number of nitrogens with zero attached hydrogens (tertiary/aromatic N) is 4. The van der Waals surface area contributed by atoms with Gasteiger partial charge < -0.3 is 0 Å². The van der Waals surface area contributed by atoms with E-state index in [9.17, 15) is 14.0 Å². The van der Waals surface area contributed by atoms with E-state index in [1.807, 2.05) is 4.57 Å². The summed E-state index contributed by atoms with van der Waals surface area (Å²) < 4.78 is 14.9. The standard InChI is InChI=1S/C17H17FN4O2S/c1-2-9-22-16(12-5-7-13(18)8-6-12)19-20-17(22)25-11-15(24)21-10-3-4-14(21)23/h2,5-8H,1,3-4,9-11H2. The molecule has 0 aliphatic carbocycles. The molecule has 0 saturated carbocycles. The molecule has 1 aliphatic heterocycles. The highest BCUT2D eigenvalue weighted by Crippen LogP contribution is 2.25. The molecule has 1 aromatic carbocycles. The number of allylic oxidation sites excluding steroid dienone is 1. The summed E-state index contributed by atoms with van der Waals surface area (Å²) in [5, 5.41) is 8.84. The SMILES string of the molecule is C=CCn1c(SCC(=O)N2CCCC2=O)nnc1-c1ccc(F)cc1. The summed E-state index contributed by atoms with van der Waals surface area (Å²) in [7, 11) is 0. The van der Waals surface area contributed by atoms with E-state index in [-0.39, 0.29) is 23.4 Å². The minimum Gasteiger partial charge on any atom is -0.298 e. The molecule has 0 bridgehead atoms. The molecule has 2 aromatic rings. The van der Waals surface area contributed by atoms with Crippen molar-refractivity contribution in [1.29, 1.82) is 0 Å². The molecule has 25 heavy (non-hydrogen) atoms. The smallest absolute Gasteiger partial charge is 0.239 e. The van der Waals surface area contributed by atoms with Gasteiger partial charge in [0.15, 0.2) is 11.0 Å². The van der Waals surface area contributed by atoms with E-state index in [1.165, 1.54) is 28.8 Å². The molecule has 8 heteroatoms. The lowest BCUT2D eigenvalue weighted by molar-refractivity contribution is -0.140. The fraction of sp³-hybridized carbons (Fsp3) is 0.294. The Kier molecular flexibility index (Phi) is 5.28. The highest BCUT2D eigenvalue weighted by atomic mass is 32.2. The second-order valence-corrected chi connectivity index (χ2v) is 6.49. The number of rotatable bonds is 6. The van der Waals surface area contributed by atoms with Crippen LogP contribution in [0.25, 0.3) is 11.4 Å². The van der Waals surface area contributed by atoms with Crippen molar-refractivity contribution in [2.24, 2.45) is 0 Å². The number of likely N-dealkylation sites (tertiary alicyclic amines) is 1. The van der Waals surface area contributed by atoms with E-state index in [1.54, 1.807) is 18.2 Å². The van der Waals surface area contributed by atoms with Gasteiger partial charge in [-0.2, -0.15) is 0 Å². The maximum atomic E-state index is 13.1. The summed E-state index contributed by atoms with van der Waals surface area (Å²) in [5.74, 6) is 0.0278. The minimum absolute atomic E-state index is 0.116. The van der Waals surface area contributed by atoms with Crippen LogP contribution in [-0.2, 0) is 16.1 Å². The number of carbonyl (C=O) groups excluding carboxylic acids is 2. The summed E-state index contributed by atoms with van der Waals surface area (Å²) in [6.07, 6.45) is 2.85. The maximum Gasteiger partial charge on any atom is 0.239 e. The van der Waals surface area contributed by atoms with Crippen molar-refractivity contribution in [3.05, 3.63) is 42.7 Å².